The first kappa shape index (κ1) is 38.9. The Labute approximate surface area is 279 Å². The summed E-state index contributed by atoms with van der Waals surface area (Å²) in [5.41, 5.74) is 4.76. The van der Waals surface area contributed by atoms with Crippen LogP contribution in [0.4, 0.5) is 26.8 Å². The van der Waals surface area contributed by atoms with Gasteiger partial charge in [-0.3, -0.25) is 20.2 Å². The molecule has 2 fully saturated rings. The number of piperidine rings is 2. The Kier molecular flexibility index (Phi) is 14.5. The van der Waals surface area contributed by atoms with Gasteiger partial charge in [0.1, 0.15) is 34.6 Å². The van der Waals surface area contributed by atoms with Gasteiger partial charge in [0.05, 0.1) is 9.85 Å². The van der Waals surface area contributed by atoms with Crippen LogP contribution in [0.3, 0.4) is 0 Å². The van der Waals surface area contributed by atoms with Gasteiger partial charge in [-0.25, -0.2) is 19.6 Å². The molecule has 0 bridgehead atoms. The molecule has 17 heteroatoms. The highest BCUT2D eigenvalue weighted by molar-refractivity contribution is 6.29. The van der Waals surface area contributed by atoms with Gasteiger partial charge in [-0.15, -0.1) is 0 Å². The van der Waals surface area contributed by atoms with Gasteiger partial charge in [0.25, 0.3) is 11.4 Å². The Bertz CT molecular complexity index is 1320. The van der Waals surface area contributed by atoms with Crippen molar-refractivity contribution in [3.05, 3.63) is 62.0 Å². The predicted octanol–water partition coefficient (Wildman–Crippen LogP) is 5.79. The van der Waals surface area contributed by atoms with E-state index in [4.69, 9.17) is 26.8 Å². The number of nitrogens with two attached hydrogens (primary N) is 1. The first-order valence-corrected chi connectivity index (χ1v) is 15.5. The Hall–Kier alpha value is -4.31. The Morgan fingerprint density at radius 1 is 0.809 bits per heavy atom. The molecule has 0 aromatic carbocycles. The highest BCUT2D eigenvalue weighted by Crippen LogP contribution is 2.20. The van der Waals surface area contributed by atoms with E-state index in [0.717, 1.165) is 45.0 Å². The number of hydrogen-bond acceptors (Lipinski definition) is 12. The molecule has 2 aromatic heterocycles. The molecule has 2 amide bonds. The van der Waals surface area contributed by atoms with Crippen LogP contribution in [0.5, 0.6) is 0 Å². The number of hydrogen-bond donors (Lipinski definition) is 2. The lowest BCUT2D eigenvalue weighted by atomic mass is 10.1. The standard InChI is InChI=1S/C15H22N4O4.C10H20N2O2.C5H3ClN2O2/c1-15(2,3)23-14(20)18-8-6-11(7-9-18)17-13-5-4-12(10-16-13)19(21)22;1-10(2,3)14-9(13)12-6-4-8(11)5-7-12;6-5-2-1-4(3-7-5)8(9)10/h4-5,10-11H,6-9H2,1-3H3,(H,16,17);8H,4-7,11H2,1-3H3;1-3H. The van der Waals surface area contributed by atoms with Crippen molar-refractivity contribution in [2.45, 2.75) is 90.5 Å². The van der Waals surface area contributed by atoms with E-state index in [1.165, 1.54) is 24.4 Å². The number of pyridine rings is 2. The summed E-state index contributed by atoms with van der Waals surface area (Å²) in [6.07, 6.45) is 5.14. The molecular formula is C30H45ClN8O8. The molecule has 260 valence electrons. The van der Waals surface area contributed by atoms with Crippen molar-refractivity contribution in [3.8, 4) is 0 Å². The highest BCUT2D eigenvalue weighted by atomic mass is 35.5. The zero-order valence-electron chi connectivity index (χ0n) is 27.7. The molecule has 47 heavy (non-hydrogen) atoms. The number of rotatable bonds is 4. The van der Waals surface area contributed by atoms with E-state index < -0.39 is 21.0 Å². The van der Waals surface area contributed by atoms with Crippen LogP contribution in [-0.4, -0.2) is 91.3 Å². The summed E-state index contributed by atoms with van der Waals surface area (Å²) in [6.45, 7) is 13.8. The minimum atomic E-state index is -0.524. The quantitative estimate of drug-likeness (QED) is 0.223. The molecule has 16 nitrogen and oxygen atoms in total. The van der Waals surface area contributed by atoms with Gasteiger partial charge >= 0.3 is 12.2 Å². The highest BCUT2D eigenvalue weighted by Gasteiger charge is 2.27. The van der Waals surface area contributed by atoms with E-state index in [1.807, 2.05) is 41.5 Å². The van der Waals surface area contributed by atoms with E-state index in [1.54, 1.807) is 15.9 Å². The predicted molar refractivity (Wildman–Crippen MR) is 176 cm³/mol. The molecule has 4 heterocycles. The van der Waals surface area contributed by atoms with Crippen molar-refractivity contribution in [2.24, 2.45) is 5.73 Å². The van der Waals surface area contributed by atoms with Crippen LogP contribution in [-0.2, 0) is 9.47 Å². The number of ether oxygens (including phenoxy) is 2. The fourth-order valence-corrected chi connectivity index (χ4v) is 4.32. The zero-order chi connectivity index (χ0) is 35.4. The lowest BCUT2D eigenvalue weighted by Crippen LogP contribution is -2.44. The summed E-state index contributed by atoms with van der Waals surface area (Å²) in [6, 6.07) is 6.12. The summed E-state index contributed by atoms with van der Waals surface area (Å²) in [4.78, 5) is 54.2. The number of anilines is 1. The van der Waals surface area contributed by atoms with Crippen LogP contribution < -0.4 is 11.1 Å². The maximum Gasteiger partial charge on any atom is 0.410 e. The molecule has 0 saturated carbocycles. The van der Waals surface area contributed by atoms with E-state index in [9.17, 15) is 29.8 Å². The van der Waals surface area contributed by atoms with Crippen LogP contribution in [0.15, 0.2) is 36.7 Å². The van der Waals surface area contributed by atoms with Gasteiger partial charge < -0.3 is 30.3 Å². The number of nitro groups is 2. The van der Waals surface area contributed by atoms with Crippen molar-refractivity contribution >= 4 is 41.0 Å². The fraction of sp³-hybridized carbons (Fsp3) is 0.600. The molecule has 0 aliphatic carbocycles. The molecule has 0 radical (unpaired) electrons. The van der Waals surface area contributed by atoms with Gasteiger partial charge in [0.2, 0.25) is 0 Å². The topological polar surface area (TPSA) is 209 Å². The van der Waals surface area contributed by atoms with Crippen molar-refractivity contribution in [1.82, 2.24) is 19.8 Å². The maximum absolute atomic E-state index is 12.0. The van der Waals surface area contributed by atoms with E-state index in [2.05, 4.69) is 15.3 Å². The third kappa shape index (κ3) is 15.2. The zero-order valence-corrected chi connectivity index (χ0v) is 28.4. The molecule has 2 aromatic rings. The molecule has 0 atom stereocenters. The van der Waals surface area contributed by atoms with Gasteiger partial charge in [-0.2, -0.15) is 0 Å². The molecular weight excluding hydrogens is 636 g/mol. The second kappa shape index (κ2) is 17.6. The Morgan fingerprint density at radius 2 is 1.23 bits per heavy atom. The molecule has 2 aliphatic rings. The van der Waals surface area contributed by atoms with Crippen LogP contribution in [0, 0.1) is 20.2 Å². The first-order chi connectivity index (χ1) is 21.8. The summed E-state index contributed by atoms with van der Waals surface area (Å²) in [5, 5.41) is 24.1. The number of carbonyl (C=O) groups is 2. The minimum Gasteiger partial charge on any atom is -0.444 e. The molecule has 4 rings (SSSR count). The Morgan fingerprint density at radius 3 is 1.60 bits per heavy atom. The molecule has 3 N–H and O–H groups in total. The van der Waals surface area contributed by atoms with Gasteiger partial charge in [0.15, 0.2) is 0 Å². The molecule has 0 spiro atoms. The van der Waals surface area contributed by atoms with Crippen molar-refractivity contribution < 1.29 is 28.9 Å². The average Bonchev–Trinajstić information content (AvgIpc) is 2.97. The number of carbonyl (C=O) groups excluding carboxylic acids is 2. The number of halogens is 1. The number of nitrogens with zero attached hydrogens (tertiary/aromatic N) is 6. The minimum absolute atomic E-state index is 0.0321. The van der Waals surface area contributed by atoms with E-state index in [-0.39, 0.29) is 40.8 Å². The monoisotopic (exact) mass is 680 g/mol. The summed E-state index contributed by atoms with van der Waals surface area (Å²) in [5.74, 6) is 0.603. The normalized spacial score (nSPS) is 15.7. The van der Waals surface area contributed by atoms with Crippen molar-refractivity contribution in [2.75, 3.05) is 31.5 Å². The number of amides is 2. The molecule has 0 unspecified atom stereocenters. The van der Waals surface area contributed by atoms with Crippen LogP contribution in [0.1, 0.15) is 67.2 Å². The summed E-state index contributed by atoms with van der Waals surface area (Å²) in [7, 11) is 0. The van der Waals surface area contributed by atoms with E-state index in [0.29, 0.717) is 18.9 Å². The van der Waals surface area contributed by atoms with Crippen LogP contribution >= 0.6 is 11.6 Å². The van der Waals surface area contributed by atoms with Crippen molar-refractivity contribution in [3.63, 3.8) is 0 Å². The first-order valence-electron chi connectivity index (χ1n) is 15.2. The van der Waals surface area contributed by atoms with Crippen molar-refractivity contribution in [1.29, 1.82) is 0 Å². The summed E-state index contributed by atoms with van der Waals surface area (Å²) < 4.78 is 10.6. The van der Waals surface area contributed by atoms with Gasteiger partial charge in [-0.1, -0.05) is 11.6 Å². The van der Waals surface area contributed by atoms with Gasteiger partial charge in [-0.05, 0) is 79.4 Å². The molecule has 2 saturated heterocycles. The number of aromatic nitrogens is 2. The fourth-order valence-electron chi connectivity index (χ4n) is 4.21. The lowest BCUT2D eigenvalue weighted by Gasteiger charge is -2.33. The van der Waals surface area contributed by atoms with Crippen LogP contribution in [0.2, 0.25) is 5.15 Å². The largest absolute Gasteiger partial charge is 0.444 e. The second-order valence-corrected chi connectivity index (χ2v) is 13.3. The van der Waals surface area contributed by atoms with E-state index >= 15 is 0 Å². The lowest BCUT2D eigenvalue weighted by molar-refractivity contribution is -0.385. The maximum atomic E-state index is 12.0. The second-order valence-electron chi connectivity index (χ2n) is 12.9. The third-order valence-corrected chi connectivity index (χ3v) is 6.79. The average molecular weight is 681 g/mol. The molecule has 2 aliphatic heterocycles. The Balaban J connectivity index is 0.000000271. The van der Waals surface area contributed by atoms with Crippen LogP contribution in [0.25, 0.3) is 0 Å². The summed E-state index contributed by atoms with van der Waals surface area (Å²) >= 11 is 5.38. The number of nitrogens with one attached hydrogen (secondary N) is 1. The number of likely N-dealkylation sites (tertiary alicyclic amines) is 2. The smallest absolute Gasteiger partial charge is 0.410 e. The third-order valence-electron chi connectivity index (χ3n) is 6.57. The SMILES string of the molecule is CC(C)(C)OC(=O)N1CCC(N)CC1.CC(C)(C)OC(=O)N1CCC(Nc2ccc([N+](=O)[O-])cn2)CC1.O=[N+]([O-])c1ccc(Cl)nc1. The van der Waals surface area contributed by atoms with Gasteiger partial charge in [0, 0.05) is 50.4 Å².